The fourth-order valence-corrected chi connectivity index (χ4v) is 3.68. The van der Waals surface area contributed by atoms with Crippen molar-refractivity contribution in [1.82, 2.24) is 0 Å². The maximum atomic E-state index is 9.55. The summed E-state index contributed by atoms with van der Waals surface area (Å²) in [7, 11) is 1.51. The number of hydrogen-bond acceptors (Lipinski definition) is 6. The molecule has 4 nitrogen and oxygen atoms in total. The van der Waals surface area contributed by atoms with Gasteiger partial charge in [-0.3, -0.25) is 0 Å². The second-order valence-electron chi connectivity index (χ2n) is 3.45. The van der Waals surface area contributed by atoms with Gasteiger partial charge in [-0.1, -0.05) is 6.07 Å². The van der Waals surface area contributed by atoms with Gasteiger partial charge in [0.15, 0.2) is 11.5 Å². The lowest BCUT2D eigenvalue weighted by molar-refractivity contribution is 0.322. The van der Waals surface area contributed by atoms with Crippen molar-refractivity contribution in [3.63, 3.8) is 0 Å². The molecule has 0 spiro atoms. The lowest BCUT2D eigenvalue weighted by atomic mass is 10.2. The second kappa shape index (κ2) is 8.53. The van der Waals surface area contributed by atoms with E-state index < -0.39 is 0 Å². The molecule has 1 aromatic rings. The molecule has 1 rings (SSSR count). The van der Waals surface area contributed by atoms with Crippen LogP contribution in [0.4, 0.5) is 0 Å². The first kappa shape index (κ1) is 15.5. The Morgan fingerprint density at radius 1 is 1.17 bits per heavy atom. The summed E-state index contributed by atoms with van der Waals surface area (Å²) in [5, 5.41) is 27.3. The van der Waals surface area contributed by atoms with Crippen molar-refractivity contribution < 1.29 is 20.1 Å². The van der Waals surface area contributed by atoms with Gasteiger partial charge in [0.05, 0.1) is 24.9 Å². The molecule has 0 radical (unpaired) electrons. The first-order valence-corrected chi connectivity index (χ1v) is 7.64. The molecule has 1 aromatic carbocycles. The number of aliphatic hydroxyl groups is 2. The Labute approximate surface area is 115 Å². The fraction of sp³-hybridized carbons (Fsp3) is 0.500. The summed E-state index contributed by atoms with van der Waals surface area (Å²) in [5.41, 5.74) is 1.00. The van der Waals surface area contributed by atoms with Gasteiger partial charge in [0, 0.05) is 11.5 Å². The third-order valence-electron chi connectivity index (χ3n) is 2.20. The van der Waals surface area contributed by atoms with Crippen LogP contribution in [0.3, 0.4) is 0 Å². The van der Waals surface area contributed by atoms with Crippen LogP contribution in [0.1, 0.15) is 10.1 Å². The van der Waals surface area contributed by atoms with E-state index in [0.717, 1.165) is 5.56 Å². The maximum absolute atomic E-state index is 9.55. The van der Waals surface area contributed by atoms with Crippen LogP contribution in [0.2, 0.25) is 0 Å². The molecule has 0 saturated carbocycles. The predicted molar refractivity (Wildman–Crippen MR) is 76.5 cm³/mol. The number of ether oxygens (including phenoxy) is 1. The Kier molecular flexibility index (Phi) is 7.34. The molecule has 0 amide bonds. The van der Waals surface area contributed by atoms with Gasteiger partial charge in [0.1, 0.15) is 0 Å². The number of thioether (sulfide) groups is 2. The number of benzene rings is 1. The number of phenols is 1. The molecule has 0 fully saturated rings. The van der Waals surface area contributed by atoms with E-state index in [0.29, 0.717) is 17.3 Å². The van der Waals surface area contributed by atoms with Gasteiger partial charge in [-0.25, -0.2) is 0 Å². The van der Waals surface area contributed by atoms with Crippen LogP contribution in [0, 0.1) is 0 Å². The van der Waals surface area contributed by atoms with E-state index in [1.165, 1.54) is 7.11 Å². The molecular formula is C12H18O4S2. The highest BCUT2D eigenvalue weighted by Crippen LogP contribution is 2.41. The summed E-state index contributed by atoms with van der Waals surface area (Å²) in [6.07, 6.45) is 0. The molecular weight excluding hydrogens is 272 g/mol. The highest BCUT2D eigenvalue weighted by atomic mass is 32.2. The summed E-state index contributed by atoms with van der Waals surface area (Å²) in [6, 6.07) is 5.21. The van der Waals surface area contributed by atoms with E-state index in [1.807, 2.05) is 6.07 Å². The largest absolute Gasteiger partial charge is 0.504 e. The molecule has 0 heterocycles. The number of aromatic hydroxyl groups is 1. The Bertz CT molecular complexity index is 352. The third kappa shape index (κ3) is 4.61. The number of methoxy groups -OCH3 is 1. The van der Waals surface area contributed by atoms with E-state index in [4.69, 9.17) is 14.9 Å². The van der Waals surface area contributed by atoms with Crippen LogP contribution >= 0.6 is 23.5 Å². The average Bonchev–Trinajstić information content (AvgIpc) is 2.40. The maximum Gasteiger partial charge on any atom is 0.160 e. The summed E-state index contributed by atoms with van der Waals surface area (Å²) in [5.74, 6) is 1.81. The van der Waals surface area contributed by atoms with Crippen LogP contribution in [0.15, 0.2) is 18.2 Å². The standard InChI is InChI=1S/C12H18O4S2/c1-16-11-8-9(2-3-10(11)15)12(17-6-4-13)18-7-5-14/h2-3,8,12-15H,4-7H2,1H3. The average molecular weight is 290 g/mol. The second-order valence-corrected chi connectivity index (χ2v) is 6.18. The van der Waals surface area contributed by atoms with Crippen molar-refractivity contribution in [3.8, 4) is 11.5 Å². The SMILES string of the molecule is COc1cc(C(SCCO)SCCO)ccc1O. The van der Waals surface area contributed by atoms with E-state index in [2.05, 4.69) is 0 Å². The molecule has 3 N–H and O–H groups in total. The van der Waals surface area contributed by atoms with Crippen molar-refractivity contribution in [2.24, 2.45) is 0 Å². The molecule has 0 aromatic heterocycles. The Morgan fingerprint density at radius 3 is 2.28 bits per heavy atom. The molecule has 0 bridgehead atoms. The van der Waals surface area contributed by atoms with Crippen molar-refractivity contribution >= 4 is 23.5 Å². The van der Waals surface area contributed by atoms with Crippen molar-refractivity contribution in [2.45, 2.75) is 4.58 Å². The Balaban J connectivity index is 2.82. The quantitative estimate of drug-likeness (QED) is 0.635. The topological polar surface area (TPSA) is 69.9 Å². The van der Waals surface area contributed by atoms with E-state index in [-0.39, 0.29) is 23.5 Å². The number of aliphatic hydroxyl groups excluding tert-OH is 2. The van der Waals surface area contributed by atoms with Gasteiger partial charge in [0.25, 0.3) is 0 Å². The van der Waals surface area contributed by atoms with E-state index >= 15 is 0 Å². The normalized spacial score (nSPS) is 10.9. The molecule has 0 aliphatic carbocycles. The lowest BCUT2D eigenvalue weighted by Crippen LogP contribution is -1.98. The minimum atomic E-state index is 0.110. The summed E-state index contributed by atoms with van der Waals surface area (Å²) >= 11 is 3.21. The zero-order chi connectivity index (χ0) is 13.4. The number of rotatable bonds is 8. The van der Waals surface area contributed by atoms with Crippen LogP contribution < -0.4 is 4.74 Å². The highest BCUT2D eigenvalue weighted by Gasteiger charge is 2.14. The fourth-order valence-electron chi connectivity index (χ4n) is 1.40. The van der Waals surface area contributed by atoms with Gasteiger partial charge in [-0.2, -0.15) is 0 Å². The molecule has 0 unspecified atom stereocenters. The van der Waals surface area contributed by atoms with Crippen molar-refractivity contribution in [2.75, 3.05) is 31.8 Å². The minimum Gasteiger partial charge on any atom is -0.504 e. The zero-order valence-corrected chi connectivity index (χ0v) is 11.8. The summed E-state index contributed by atoms with van der Waals surface area (Å²) in [4.78, 5) is 0. The van der Waals surface area contributed by atoms with Crippen molar-refractivity contribution in [1.29, 1.82) is 0 Å². The zero-order valence-electron chi connectivity index (χ0n) is 10.2. The number of hydrogen-bond donors (Lipinski definition) is 3. The van der Waals surface area contributed by atoms with Crippen molar-refractivity contribution in [3.05, 3.63) is 23.8 Å². The van der Waals surface area contributed by atoms with Crippen LogP contribution in [-0.4, -0.2) is 47.1 Å². The smallest absolute Gasteiger partial charge is 0.160 e. The van der Waals surface area contributed by atoms with Crippen LogP contribution in [0.5, 0.6) is 11.5 Å². The van der Waals surface area contributed by atoms with Gasteiger partial charge >= 0.3 is 0 Å². The molecule has 0 saturated heterocycles. The van der Waals surface area contributed by atoms with Gasteiger partial charge in [0.2, 0.25) is 0 Å². The predicted octanol–water partition coefficient (Wildman–Crippen LogP) is 1.85. The first-order chi connectivity index (χ1) is 8.72. The van der Waals surface area contributed by atoms with Crippen LogP contribution in [-0.2, 0) is 0 Å². The molecule has 6 heteroatoms. The van der Waals surface area contributed by atoms with E-state index in [9.17, 15) is 5.11 Å². The van der Waals surface area contributed by atoms with Gasteiger partial charge < -0.3 is 20.1 Å². The molecule has 18 heavy (non-hydrogen) atoms. The summed E-state index contributed by atoms with van der Waals surface area (Å²) in [6.45, 7) is 0.242. The highest BCUT2D eigenvalue weighted by molar-refractivity contribution is 8.16. The summed E-state index contributed by atoms with van der Waals surface area (Å²) < 4.78 is 5.19. The van der Waals surface area contributed by atoms with E-state index in [1.54, 1.807) is 35.7 Å². The Morgan fingerprint density at radius 2 is 1.78 bits per heavy atom. The number of phenolic OH excluding ortho intramolecular Hbond substituents is 1. The monoisotopic (exact) mass is 290 g/mol. The third-order valence-corrected chi connectivity index (χ3v) is 5.00. The van der Waals surface area contributed by atoms with Gasteiger partial charge in [-0.05, 0) is 17.7 Å². The van der Waals surface area contributed by atoms with Crippen LogP contribution in [0.25, 0.3) is 0 Å². The Hall–Kier alpha value is -0.560. The lowest BCUT2D eigenvalue weighted by Gasteiger charge is -2.17. The minimum absolute atomic E-state index is 0.110. The first-order valence-electron chi connectivity index (χ1n) is 5.54. The molecule has 0 atom stereocenters. The molecule has 102 valence electrons. The van der Waals surface area contributed by atoms with Gasteiger partial charge in [-0.15, -0.1) is 23.5 Å². The molecule has 0 aliphatic heterocycles. The molecule has 0 aliphatic rings.